The number of ether oxygens (including phenoxy) is 1. The fraction of sp³-hybridized carbons (Fsp3) is 0.588. The van der Waals surface area contributed by atoms with Gasteiger partial charge in [-0.2, -0.15) is 0 Å². The molecule has 4 nitrogen and oxygen atoms in total. The molecule has 1 unspecified atom stereocenters. The van der Waals surface area contributed by atoms with E-state index in [1.807, 2.05) is 0 Å². The summed E-state index contributed by atoms with van der Waals surface area (Å²) in [6, 6.07) is 7.40. The van der Waals surface area contributed by atoms with Crippen molar-refractivity contribution in [3.05, 3.63) is 29.8 Å². The summed E-state index contributed by atoms with van der Waals surface area (Å²) in [7, 11) is 0. The number of nitrogens with two attached hydrogens (primary N) is 2. The van der Waals surface area contributed by atoms with Gasteiger partial charge in [0.2, 0.25) is 0 Å². The van der Waals surface area contributed by atoms with Gasteiger partial charge in [-0.3, -0.25) is 0 Å². The predicted molar refractivity (Wildman–Crippen MR) is 86.2 cm³/mol. The summed E-state index contributed by atoms with van der Waals surface area (Å²) < 4.78 is 5.25. The predicted octanol–water partition coefficient (Wildman–Crippen LogP) is -0.648. The molecular formula is C17H29ClN2O2. The van der Waals surface area contributed by atoms with E-state index in [-0.39, 0.29) is 18.4 Å². The maximum absolute atomic E-state index is 11.8. The molecule has 22 heavy (non-hydrogen) atoms. The largest absolute Gasteiger partial charge is 1.00 e. The van der Waals surface area contributed by atoms with Crippen molar-refractivity contribution in [2.45, 2.75) is 52.0 Å². The van der Waals surface area contributed by atoms with Crippen molar-refractivity contribution in [3.63, 3.8) is 0 Å². The Labute approximate surface area is 140 Å². The van der Waals surface area contributed by atoms with E-state index >= 15 is 0 Å². The molecule has 0 bridgehead atoms. The zero-order chi connectivity index (χ0) is 15.5. The van der Waals surface area contributed by atoms with Crippen molar-refractivity contribution in [1.29, 1.82) is 0 Å². The first-order valence-electron chi connectivity index (χ1n) is 7.99. The minimum Gasteiger partial charge on any atom is -1.00 e. The number of quaternary nitrogens is 1. The second-order valence-electron chi connectivity index (χ2n) is 5.61. The first kappa shape index (κ1) is 20.7. The smallest absolute Gasteiger partial charge is 0.338 e. The monoisotopic (exact) mass is 328 g/mol. The van der Waals surface area contributed by atoms with Crippen molar-refractivity contribution in [3.8, 4) is 0 Å². The van der Waals surface area contributed by atoms with Gasteiger partial charge in [0.15, 0.2) is 0 Å². The van der Waals surface area contributed by atoms with Gasteiger partial charge in [0.05, 0.1) is 11.6 Å². The second-order valence-corrected chi connectivity index (χ2v) is 5.61. The Kier molecular flexibility index (Phi) is 11.6. The Morgan fingerprint density at radius 2 is 1.91 bits per heavy atom. The average molecular weight is 329 g/mol. The zero-order valence-corrected chi connectivity index (χ0v) is 14.4. The summed E-state index contributed by atoms with van der Waals surface area (Å²) in [4.78, 5) is 11.8. The van der Waals surface area contributed by atoms with Crippen LogP contribution in [0.2, 0.25) is 0 Å². The molecule has 0 spiro atoms. The van der Waals surface area contributed by atoms with E-state index in [1.165, 1.54) is 32.1 Å². The summed E-state index contributed by atoms with van der Waals surface area (Å²) >= 11 is 0. The summed E-state index contributed by atoms with van der Waals surface area (Å²) in [6.45, 7) is 5.72. The van der Waals surface area contributed by atoms with Crippen LogP contribution >= 0.6 is 0 Å². The van der Waals surface area contributed by atoms with Gasteiger partial charge in [-0.05, 0) is 44.0 Å². The van der Waals surface area contributed by atoms with Crippen molar-refractivity contribution >= 4 is 11.7 Å². The Balaban J connectivity index is 0.00000441. The van der Waals surface area contributed by atoms with Gasteiger partial charge in [0.25, 0.3) is 0 Å². The van der Waals surface area contributed by atoms with Crippen LogP contribution in [0.3, 0.4) is 0 Å². The number of rotatable bonds is 10. The number of carbonyl (C=O) groups excluding carboxylic acids is 1. The molecule has 0 fully saturated rings. The Hall–Kier alpha value is -1.26. The van der Waals surface area contributed by atoms with Gasteiger partial charge in [-0.1, -0.05) is 26.2 Å². The van der Waals surface area contributed by atoms with Crippen molar-refractivity contribution in [2.75, 3.05) is 18.9 Å². The van der Waals surface area contributed by atoms with Crippen LogP contribution in [0.25, 0.3) is 0 Å². The molecule has 1 rings (SSSR count). The van der Waals surface area contributed by atoms with Crippen molar-refractivity contribution in [2.24, 2.45) is 0 Å². The van der Waals surface area contributed by atoms with E-state index in [9.17, 15) is 4.79 Å². The fourth-order valence-corrected chi connectivity index (χ4v) is 2.22. The number of esters is 1. The van der Waals surface area contributed by atoms with Gasteiger partial charge in [-0.25, -0.2) is 4.79 Å². The van der Waals surface area contributed by atoms with Crippen LogP contribution in [-0.2, 0) is 4.74 Å². The van der Waals surface area contributed by atoms with Crippen LogP contribution in [-0.4, -0.2) is 25.2 Å². The molecule has 126 valence electrons. The molecule has 0 aliphatic heterocycles. The Morgan fingerprint density at radius 3 is 2.55 bits per heavy atom. The minimum absolute atomic E-state index is 0. The second kappa shape index (κ2) is 12.3. The molecule has 0 saturated carbocycles. The van der Waals surface area contributed by atoms with Gasteiger partial charge in [0, 0.05) is 5.69 Å². The highest BCUT2D eigenvalue weighted by Crippen LogP contribution is 2.06. The lowest BCUT2D eigenvalue weighted by molar-refractivity contribution is -0.687. The van der Waals surface area contributed by atoms with Gasteiger partial charge >= 0.3 is 5.97 Å². The third-order valence-electron chi connectivity index (χ3n) is 3.58. The van der Waals surface area contributed by atoms with Crippen molar-refractivity contribution in [1.82, 2.24) is 0 Å². The van der Waals surface area contributed by atoms with Crippen LogP contribution < -0.4 is 23.5 Å². The van der Waals surface area contributed by atoms with E-state index in [0.717, 1.165) is 6.54 Å². The number of nitrogen functional groups attached to an aromatic ring is 1. The molecule has 1 aromatic rings. The standard InChI is InChI=1S/C17H28N2O2.ClH/c1-3-4-5-6-7-14(2)19-12-13-21-17(20)15-8-10-16(18)11-9-15;/h8-11,14,19H,3-7,12-13,18H2,1-2H3;1H. The van der Waals surface area contributed by atoms with Gasteiger partial charge in [0.1, 0.15) is 13.2 Å². The highest BCUT2D eigenvalue weighted by Gasteiger charge is 2.08. The van der Waals surface area contributed by atoms with Crippen LogP contribution in [0.15, 0.2) is 24.3 Å². The number of unbranched alkanes of at least 4 members (excludes halogenated alkanes) is 3. The van der Waals surface area contributed by atoms with Crippen LogP contribution in [0, 0.1) is 0 Å². The first-order valence-corrected chi connectivity index (χ1v) is 7.99. The van der Waals surface area contributed by atoms with Gasteiger partial charge in [-0.15, -0.1) is 0 Å². The highest BCUT2D eigenvalue weighted by molar-refractivity contribution is 5.89. The first-order chi connectivity index (χ1) is 10.1. The van der Waals surface area contributed by atoms with E-state index in [0.29, 0.717) is 23.9 Å². The third-order valence-corrected chi connectivity index (χ3v) is 3.58. The minimum atomic E-state index is -0.279. The molecule has 4 N–H and O–H groups in total. The molecule has 0 aromatic heterocycles. The lowest BCUT2D eigenvalue weighted by Crippen LogP contribution is -3.00. The number of carbonyl (C=O) groups is 1. The third kappa shape index (κ3) is 8.90. The summed E-state index contributed by atoms with van der Waals surface area (Å²) in [6.07, 6.45) is 6.44. The molecule has 0 saturated heterocycles. The normalized spacial score (nSPS) is 11.5. The topological polar surface area (TPSA) is 68.9 Å². The van der Waals surface area contributed by atoms with Crippen molar-refractivity contribution < 1.29 is 27.3 Å². The average Bonchev–Trinajstić information content (AvgIpc) is 2.48. The van der Waals surface area contributed by atoms with E-state index in [4.69, 9.17) is 10.5 Å². The maximum atomic E-state index is 11.8. The lowest BCUT2D eigenvalue weighted by Gasteiger charge is -2.11. The van der Waals surface area contributed by atoms with Gasteiger partial charge < -0.3 is 28.2 Å². The molecule has 1 aromatic carbocycles. The molecule has 0 aliphatic rings. The molecule has 0 heterocycles. The number of hydrogen-bond acceptors (Lipinski definition) is 3. The van der Waals surface area contributed by atoms with Crippen LogP contribution in [0.4, 0.5) is 5.69 Å². The summed E-state index contributed by atoms with van der Waals surface area (Å²) in [5, 5.41) is 2.25. The fourth-order valence-electron chi connectivity index (χ4n) is 2.22. The Morgan fingerprint density at radius 1 is 1.23 bits per heavy atom. The number of halogens is 1. The zero-order valence-electron chi connectivity index (χ0n) is 13.7. The molecule has 5 heteroatoms. The highest BCUT2D eigenvalue weighted by atomic mass is 35.5. The quantitative estimate of drug-likeness (QED) is 0.341. The van der Waals surface area contributed by atoms with Crippen LogP contribution in [0.1, 0.15) is 56.3 Å². The molecule has 1 atom stereocenters. The van der Waals surface area contributed by atoms with E-state index in [2.05, 4.69) is 19.2 Å². The molecule has 0 amide bonds. The maximum Gasteiger partial charge on any atom is 0.338 e. The molecule has 0 radical (unpaired) electrons. The number of benzene rings is 1. The van der Waals surface area contributed by atoms with Crippen LogP contribution in [0.5, 0.6) is 0 Å². The molecule has 0 aliphatic carbocycles. The lowest BCUT2D eigenvalue weighted by atomic mass is 10.1. The summed E-state index contributed by atoms with van der Waals surface area (Å²) in [5.41, 5.74) is 6.79. The molecular weight excluding hydrogens is 300 g/mol. The van der Waals surface area contributed by atoms with E-state index in [1.54, 1.807) is 24.3 Å². The summed E-state index contributed by atoms with van der Waals surface area (Å²) in [5.74, 6) is -0.279. The number of anilines is 1. The Bertz CT molecular complexity index is 410. The number of hydrogen-bond donors (Lipinski definition) is 2. The SMILES string of the molecule is CCCCCCC(C)[NH2+]CCOC(=O)c1ccc(N)cc1.[Cl-]. The van der Waals surface area contributed by atoms with E-state index < -0.39 is 0 Å².